The summed E-state index contributed by atoms with van der Waals surface area (Å²) < 4.78 is 33.7. The quantitative estimate of drug-likeness (QED) is 0.413. The van der Waals surface area contributed by atoms with Gasteiger partial charge in [0, 0.05) is 53.7 Å². The Bertz CT molecular complexity index is 1330. The molecule has 3 N–H and O–H groups in total. The molecule has 5 rings (SSSR count). The van der Waals surface area contributed by atoms with Gasteiger partial charge in [-0.15, -0.1) is 0 Å². The van der Waals surface area contributed by atoms with Crippen LogP contribution in [0.2, 0.25) is 0 Å². The lowest BCUT2D eigenvalue weighted by atomic mass is 9.59. The number of carboxylic acid groups (broad SMARTS) is 1. The molecule has 1 aliphatic heterocycles. The van der Waals surface area contributed by atoms with Crippen LogP contribution in [0.15, 0.2) is 42.6 Å². The van der Waals surface area contributed by atoms with Crippen molar-refractivity contribution in [1.82, 2.24) is 15.2 Å². The highest BCUT2D eigenvalue weighted by Gasteiger charge is 2.58. The molecule has 1 aliphatic carbocycles. The number of aryl methyl sites for hydroxylation is 1. The minimum Gasteiger partial charge on any atom is -0.496 e. The lowest BCUT2D eigenvalue weighted by molar-refractivity contribution is -0.186. The number of rotatable bonds is 7. The Morgan fingerprint density at radius 1 is 1.22 bits per heavy atom. The number of likely N-dealkylation sites (tertiary alicyclic amines) is 1. The largest absolute Gasteiger partial charge is 0.496 e. The number of hydrogen-bond acceptors (Lipinski definition) is 4. The number of alkyl halides is 2. The molecule has 1 spiro atoms. The number of piperidine rings is 1. The predicted molar refractivity (Wildman–Crippen MR) is 135 cm³/mol. The van der Waals surface area contributed by atoms with E-state index in [0.717, 1.165) is 33.3 Å². The van der Waals surface area contributed by atoms with Crippen molar-refractivity contribution in [2.45, 2.75) is 51.1 Å². The van der Waals surface area contributed by atoms with E-state index >= 15 is 0 Å². The summed E-state index contributed by atoms with van der Waals surface area (Å²) in [4.78, 5) is 28.7. The summed E-state index contributed by atoms with van der Waals surface area (Å²) in [7, 11) is 1.66. The number of amides is 1. The Morgan fingerprint density at radius 2 is 1.95 bits per heavy atom. The van der Waals surface area contributed by atoms with Crippen LogP contribution in [0.3, 0.4) is 0 Å². The summed E-state index contributed by atoms with van der Waals surface area (Å²) in [6, 6.07) is 11.0. The van der Waals surface area contributed by atoms with Gasteiger partial charge in [0.1, 0.15) is 12.3 Å². The van der Waals surface area contributed by atoms with Crippen LogP contribution in [0.4, 0.5) is 8.78 Å². The molecule has 3 aromatic rings. The average molecular weight is 512 g/mol. The summed E-state index contributed by atoms with van der Waals surface area (Å²) >= 11 is 0. The number of carbonyl (C=O) groups excluding carboxylic acids is 1. The minimum absolute atomic E-state index is 0.0874. The van der Waals surface area contributed by atoms with Gasteiger partial charge in [-0.25, -0.2) is 8.78 Å². The van der Waals surface area contributed by atoms with Crippen LogP contribution >= 0.6 is 0 Å². The average Bonchev–Trinajstić information content (AvgIpc) is 3.34. The third-order valence-electron chi connectivity index (χ3n) is 7.91. The molecule has 2 fully saturated rings. The second-order valence-corrected chi connectivity index (χ2v) is 10.5. The number of carbonyl (C=O) groups is 2. The molecule has 1 saturated heterocycles. The number of nitrogens with zero attached hydrogens (tertiary/aromatic N) is 1. The molecule has 1 aromatic heterocycles. The Morgan fingerprint density at radius 3 is 2.59 bits per heavy atom. The van der Waals surface area contributed by atoms with E-state index in [1.54, 1.807) is 19.2 Å². The molecule has 1 amide bonds. The van der Waals surface area contributed by atoms with E-state index < -0.39 is 24.3 Å². The summed E-state index contributed by atoms with van der Waals surface area (Å²) in [6.45, 7) is 2.84. The zero-order valence-electron chi connectivity index (χ0n) is 20.9. The maximum absolute atomic E-state index is 14.0. The summed E-state index contributed by atoms with van der Waals surface area (Å²) in [5.41, 5.74) is 4.10. The van der Waals surface area contributed by atoms with Gasteiger partial charge in [-0.3, -0.25) is 14.5 Å². The van der Waals surface area contributed by atoms with Crippen molar-refractivity contribution in [2.24, 2.45) is 5.41 Å². The maximum Gasteiger partial charge on any atom is 0.322 e. The minimum atomic E-state index is -2.60. The van der Waals surface area contributed by atoms with Crippen molar-refractivity contribution >= 4 is 22.8 Å². The molecule has 2 aromatic carbocycles. The number of H-pyrrole nitrogens is 1. The van der Waals surface area contributed by atoms with Gasteiger partial charge in [0.2, 0.25) is 5.92 Å². The highest BCUT2D eigenvalue weighted by molar-refractivity contribution is 5.95. The molecule has 1 atom stereocenters. The van der Waals surface area contributed by atoms with E-state index in [-0.39, 0.29) is 24.3 Å². The number of aromatic nitrogens is 1. The van der Waals surface area contributed by atoms with Gasteiger partial charge in [-0.1, -0.05) is 12.1 Å². The van der Waals surface area contributed by atoms with Crippen molar-refractivity contribution in [3.8, 4) is 5.75 Å². The Kier molecular flexibility index (Phi) is 6.43. The normalized spacial score (nSPS) is 20.5. The highest BCUT2D eigenvalue weighted by atomic mass is 19.3. The van der Waals surface area contributed by atoms with Crippen LogP contribution in [-0.2, 0) is 11.3 Å². The van der Waals surface area contributed by atoms with Gasteiger partial charge in [0.15, 0.2) is 0 Å². The molecular formula is C28H31F2N3O4. The molecule has 37 heavy (non-hydrogen) atoms. The van der Waals surface area contributed by atoms with Gasteiger partial charge in [0.05, 0.1) is 7.11 Å². The highest BCUT2D eigenvalue weighted by Crippen LogP contribution is 2.60. The van der Waals surface area contributed by atoms with Gasteiger partial charge in [-0.05, 0) is 67.1 Å². The van der Waals surface area contributed by atoms with Gasteiger partial charge >= 0.3 is 5.97 Å². The molecule has 0 radical (unpaired) electrons. The second kappa shape index (κ2) is 9.45. The lowest BCUT2D eigenvalue weighted by Gasteiger charge is -2.54. The summed E-state index contributed by atoms with van der Waals surface area (Å²) in [6.07, 6.45) is 3.05. The third kappa shape index (κ3) is 4.92. The second-order valence-electron chi connectivity index (χ2n) is 10.5. The first-order valence-electron chi connectivity index (χ1n) is 12.5. The standard InChI is InChI=1S/C28H31F2N3O4/c1-17-11-23(37-2)21(20-7-9-31-25(17)20)14-33-10-8-27(15-28(29,30)16-27)12-22(33)18-3-5-19(6-4-18)26(36)32-13-24(34)35/h3-7,9,11,22,31H,8,10,12-16H2,1-2H3,(H,32,36)(H,34,35)/t22-/m1/s1. The van der Waals surface area contributed by atoms with Crippen molar-refractivity contribution < 1.29 is 28.2 Å². The van der Waals surface area contributed by atoms with Crippen LogP contribution in [0.25, 0.3) is 10.9 Å². The van der Waals surface area contributed by atoms with Crippen LogP contribution in [0.5, 0.6) is 5.75 Å². The third-order valence-corrected chi connectivity index (χ3v) is 7.91. The number of carboxylic acids is 1. The number of benzene rings is 2. The number of hydrogen-bond donors (Lipinski definition) is 3. The zero-order chi connectivity index (χ0) is 26.4. The molecule has 196 valence electrons. The molecule has 9 heteroatoms. The first-order valence-corrected chi connectivity index (χ1v) is 12.5. The number of ether oxygens (including phenoxy) is 1. The van der Waals surface area contributed by atoms with Crippen LogP contribution < -0.4 is 10.1 Å². The van der Waals surface area contributed by atoms with Crippen molar-refractivity contribution in [1.29, 1.82) is 0 Å². The van der Waals surface area contributed by atoms with Crippen LogP contribution in [0.1, 0.15) is 58.8 Å². The fraction of sp³-hybridized carbons (Fsp3) is 0.429. The van der Waals surface area contributed by atoms with Crippen molar-refractivity contribution in [2.75, 3.05) is 20.2 Å². The van der Waals surface area contributed by atoms with Gasteiger partial charge in [0.25, 0.3) is 5.91 Å². The van der Waals surface area contributed by atoms with E-state index in [9.17, 15) is 18.4 Å². The zero-order valence-corrected chi connectivity index (χ0v) is 20.9. The number of aromatic amines is 1. The summed E-state index contributed by atoms with van der Waals surface area (Å²) in [5, 5.41) is 12.3. The van der Waals surface area contributed by atoms with Crippen LogP contribution in [0, 0.1) is 12.3 Å². The topological polar surface area (TPSA) is 94.7 Å². The number of aliphatic carboxylic acids is 1. The first-order chi connectivity index (χ1) is 17.6. The molecule has 1 saturated carbocycles. The van der Waals surface area contributed by atoms with Crippen LogP contribution in [-0.4, -0.2) is 53.0 Å². The van der Waals surface area contributed by atoms with Crippen molar-refractivity contribution in [3.05, 3.63) is 64.8 Å². The van der Waals surface area contributed by atoms with E-state index in [0.29, 0.717) is 31.5 Å². The number of fused-ring (bicyclic) bond motifs is 1. The van der Waals surface area contributed by atoms with Crippen molar-refractivity contribution in [3.63, 3.8) is 0 Å². The fourth-order valence-electron chi connectivity index (χ4n) is 6.16. The van der Waals surface area contributed by atoms with E-state index in [2.05, 4.69) is 15.2 Å². The smallest absolute Gasteiger partial charge is 0.322 e. The lowest BCUT2D eigenvalue weighted by Crippen LogP contribution is -2.53. The molecule has 2 aliphatic rings. The molecule has 7 nitrogen and oxygen atoms in total. The molecule has 0 unspecified atom stereocenters. The van der Waals surface area contributed by atoms with Gasteiger partial charge < -0.3 is 20.1 Å². The van der Waals surface area contributed by atoms with Gasteiger partial charge in [-0.2, -0.15) is 0 Å². The van der Waals surface area contributed by atoms with E-state index in [1.807, 2.05) is 37.4 Å². The summed E-state index contributed by atoms with van der Waals surface area (Å²) in [5.74, 6) is -3.39. The Balaban J connectivity index is 1.45. The molecule has 2 heterocycles. The monoisotopic (exact) mass is 511 g/mol. The molecule has 0 bridgehead atoms. The Hall–Kier alpha value is -3.46. The molecular weight excluding hydrogens is 480 g/mol. The SMILES string of the molecule is COc1cc(C)c2[nH]ccc2c1CN1CCC2(C[C@@H]1c1ccc(C(=O)NCC(=O)O)cc1)CC(F)(F)C2. The first kappa shape index (κ1) is 25.2. The Labute approximate surface area is 213 Å². The maximum atomic E-state index is 14.0. The fourth-order valence-corrected chi connectivity index (χ4v) is 6.16. The number of halogens is 2. The van der Waals surface area contributed by atoms with E-state index in [1.165, 1.54) is 0 Å². The number of nitrogens with one attached hydrogen (secondary N) is 2. The number of methoxy groups -OCH3 is 1. The predicted octanol–water partition coefficient (Wildman–Crippen LogP) is 5.05. The van der Waals surface area contributed by atoms with E-state index in [4.69, 9.17) is 9.84 Å².